The highest BCUT2D eigenvalue weighted by Crippen LogP contribution is 2.20. The van der Waals surface area contributed by atoms with Crippen LogP contribution in [0.5, 0.6) is 0 Å². The first-order valence-corrected chi connectivity index (χ1v) is 9.47. The van der Waals surface area contributed by atoms with Gasteiger partial charge in [0.05, 0.1) is 5.92 Å². The van der Waals surface area contributed by atoms with Crippen LogP contribution < -0.4 is 10.2 Å². The number of aromatic nitrogens is 4. The maximum Gasteiger partial charge on any atom is 0.228 e. The minimum absolute atomic E-state index is 0.0448. The van der Waals surface area contributed by atoms with Gasteiger partial charge in [0.25, 0.3) is 0 Å². The Morgan fingerprint density at radius 2 is 2.00 bits per heavy atom. The van der Waals surface area contributed by atoms with Crippen LogP contribution in [0.1, 0.15) is 18.7 Å². The molecule has 0 unspecified atom stereocenters. The molecule has 1 N–H and O–H groups in total. The van der Waals surface area contributed by atoms with Crippen LogP contribution in [0.15, 0.2) is 53.3 Å². The summed E-state index contributed by atoms with van der Waals surface area (Å²) in [4.78, 5) is 27.6. The highest BCUT2D eigenvalue weighted by atomic mass is 16.5. The van der Waals surface area contributed by atoms with E-state index in [4.69, 9.17) is 4.52 Å². The molecule has 1 aliphatic rings. The molecule has 1 fully saturated rings. The van der Waals surface area contributed by atoms with E-state index >= 15 is 0 Å². The van der Waals surface area contributed by atoms with Crippen LogP contribution in [0.3, 0.4) is 0 Å². The smallest absolute Gasteiger partial charge is 0.228 e. The van der Waals surface area contributed by atoms with Crippen LogP contribution in [-0.4, -0.2) is 45.7 Å². The summed E-state index contributed by atoms with van der Waals surface area (Å²) in [6, 6.07) is 11.5. The Hall–Kier alpha value is -3.29. The van der Waals surface area contributed by atoms with Gasteiger partial charge in [0.15, 0.2) is 0 Å². The molecule has 3 aromatic rings. The fraction of sp³-hybridized carbons (Fsp3) is 0.350. The lowest BCUT2D eigenvalue weighted by Crippen LogP contribution is -2.44. The van der Waals surface area contributed by atoms with Crippen molar-refractivity contribution in [2.45, 2.75) is 19.3 Å². The molecule has 0 aliphatic carbocycles. The molecule has 0 saturated carbocycles. The number of nitrogens with one attached hydrogen (secondary N) is 1. The van der Waals surface area contributed by atoms with E-state index in [1.54, 1.807) is 18.5 Å². The van der Waals surface area contributed by atoms with Crippen molar-refractivity contribution in [2.24, 2.45) is 5.92 Å². The minimum Gasteiger partial charge on any atom is -0.355 e. The largest absolute Gasteiger partial charge is 0.355 e. The second-order valence-electron chi connectivity index (χ2n) is 6.75. The third kappa shape index (κ3) is 4.33. The van der Waals surface area contributed by atoms with Gasteiger partial charge in [0, 0.05) is 44.0 Å². The third-order valence-corrected chi connectivity index (χ3v) is 4.77. The summed E-state index contributed by atoms with van der Waals surface area (Å²) in [5, 5.41) is 6.99. The molecule has 3 heterocycles. The molecular weight excluding hydrogens is 356 g/mol. The molecule has 2 aromatic heterocycles. The SMILES string of the molecule is O=C(NCCc1nc(-c2ccccc2)no1)[C@H]1CCCN(c2ncccn2)C1. The summed E-state index contributed by atoms with van der Waals surface area (Å²) >= 11 is 0. The maximum absolute atomic E-state index is 12.5. The van der Waals surface area contributed by atoms with Crippen molar-refractivity contribution < 1.29 is 9.32 Å². The Morgan fingerprint density at radius 1 is 1.18 bits per heavy atom. The van der Waals surface area contributed by atoms with Crippen molar-refractivity contribution in [3.63, 3.8) is 0 Å². The van der Waals surface area contributed by atoms with Crippen LogP contribution >= 0.6 is 0 Å². The second-order valence-corrected chi connectivity index (χ2v) is 6.75. The lowest BCUT2D eigenvalue weighted by atomic mass is 9.97. The highest BCUT2D eigenvalue weighted by molar-refractivity contribution is 5.79. The average molecular weight is 378 g/mol. The van der Waals surface area contributed by atoms with E-state index in [-0.39, 0.29) is 11.8 Å². The van der Waals surface area contributed by atoms with Crippen molar-refractivity contribution >= 4 is 11.9 Å². The molecular formula is C20H22N6O2. The zero-order valence-electron chi connectivity index (χ0n) is 15.5. The molecule has 0 radical (unpaired) electrons. The standard InChI is InChI=1S/C20H22N6O2/c27-19(16-8-4-13-26(14-16)20-22-10-5-11-23-20)21-12-9-17-24-18(25-28-17)15-6-2-1-3-7-15/h1-3,5-7,10-11,16H,4,8-9,12-14H2,(H,21,27)/t16-/m0/s1. The number of carbonyl (C=O) groups is 1. The summed E-state index contributed by atoms with van der Waals surface area (Å²) in [7, 11) is 0. The second kappa shape index (κ2) is 8.60. The van der Waals surface area contributed by atoms with Crippen LogP contribution in [0.25, 0.3) is 11.4 Å². The summed E-state index contributed by atoms with van der Waals surface area (Å²) in [5.41, 5.74) is 0.909. The molecule has 4 rings (SSSR count). The van der Waals surface area contributed by atoms with Crippen molar-refractivity contribution in [2.75, 3.05) is 24.5 Å². The summed E-state index contributed by atoms with van der Waals surface area (Å²) in [6.07, 6.45) is 5.76. The molecule has 1 aliphatic heterocycles. The monoisotopic (exact) mass is 378 g/mol. The van der Waals surface area contributed by atoms with Crippen molar-refractivity contribution in [3.8, 4) is 11.4 Å². The number of hydrogen-bond donors (Lipinski definition) is 1. The van der Waals surface area contributed by atoms with Gasteiger partial charge in [-0.2, -0.15) is 4.98 Å². The number of benzene rings is 1. The Kier molecular flexibility index (Phi) is 5.56. The van der Waals surface area contributed by atoms with Gasteiger partial charge >= 0.3 is 0 Å². The topological polar surface area (TPSA) is 97.0 Å². The molecule has 1 atom stereocenters. The Labute approximate surface area is 163 Å². The van der Waals surface area contributed by atoms with E-state index in [0.717, 1.165) is 24.9 Å². The number of hydrogen-bond acceptors (Lipinski definition) is 7. The molecule has 0 spiro atoms. The van der Waals surface area contributed by atoms with Crippen molar-refractivity contribution in [3.05, 3.63) is 54.7 Å². The van der Waals surface area contributed by atoms with Gasteiger partial charge < -0.3 is 14.7 Å². The van der Waals surface area contributed by atoms with Crippen LogP contribution in [0.4, 0.5) is 5.95 Å². The van der Waals surface area contributed by atoms with Crippen molar-refractivity contribution in [1.29, 1.82) is 0 Å². The highest BCUT2D eigenvalue weighted by Gasteiger charge is 2.26. The zero-order chi connectivity index (χ0) is 19.2. The number of amides is 1. The Bertz CT molecular complexity index is 899. The van der Waals surface area contributed by atoms with E-state index in [1.165, 1.54) is 0 Å². The van der Waals surface area contributed by atoms with Gasteiger partial charge in [-0.15, -0.1) is 0 Å². The molecule has 1 aromatic carbocycles. The Morgan fingerprint density at radius 3 is 2.82 bits per heavy atom. The van der Waals surface area contributed by atoms with E-state index in [0.29, 0.717) is 37.2 Å². The van der Waals surface area contributed by atoms with E-state index in [1.807, 2.05) is 30.3 Å². The molecule has 8 heteroatoms. The zero-order valence-corrected chi connectivity index (χ0v) is 15.5. The van der Waals surface area contributed by atoms with Gasteiger partial charge in [0.2, 0.25) is 23.6 Å². The number of carbonyl (C=O) groups excluding carboxylic acids is 1. The number of anilines is 1. The van der Waals surface area contributed by atoms with E-state index in [9.17, 15) is 4.79 Å². The van der Waals surface area contributed by atoms with Gasteiger partial charge in [-0.1, -0.05) is 35.5 Å². The van der Waals surface area contributed by atoms with Crippen LogP contribution in [-0.2, 0) is 11.2 Å². The van der Waals surface area contributed by atoms with Gasteiger partial charge in [-0.3, -0.25) is 4.79 Å². The van der Waals surface area contributed by atoms with Crippen molar-refractivity contribution in [1.82, 2.24) is 25.4 Å². The fourth-order valence-corrected chi connectivity index (χ4v) is 3.33. The summed E-state index contributed by atoms with van der Waals surface area (Å²) < 4.78 is 5.28. The van der Waals surface area contributed by atoms with Gasteiger partial charge in [-0.05, 0) is 18.9 Å². The molecule has 144 valence electrons. The first kappa shape index (κ1) is 18.1. The normalized spacial score (nSPS) is 16.7. The lowest BCUT2D eigenvalue weighted by molar-refractivity contribution is -0.125. The molecule has 1 saturated heterocycles. The first-order valence-electron chi connectivity index (χ1n) is 9.47. The number of rotatable bonds is 6. The van der Waals surface area contributed by atoms with E-state index in [2.05, 4.69) is 30.3 Å². The molecule has 28 heavy (non-hydrogen) atoms. The predicted octanol–water partition coefficient (Wildman–Crippen LogP) is 2.10. The van der Waals surface area contributed by atoms with Gasteiger partial charge in [0.1, 0.15) is 0 Å². The molecule has 0 bridgehead atoms. The quantitative estimate of drug-likeness (QED) is 0.701. The van der Waals surface area contributed by atoms with Crippen LogP contribution in [0, 0.1) is 5.92 Å². The van der Waals surface area contributed by atoms with Crippen LogP contribution in [0.2, 0.25) is 0 Å². The Balaban J connectivity index is 1.27. The number of piperidine rings is 1. The van der Waals surface area contributed by atoms with Gasteiger partial charge in [-0.25, -0.2) is 9.97 Å². The lowest BCUT2D eigenvalue weighted by Gasteiger charge is -2.31. The molecule has 8 nitrogen and oxygen atoms in total. The average Bonchev–Trinajstić information content (AvgIpc) is 3.24. The fourth-order valence-electron chi connectivity index (χ4n) is 3.33. The summed E-state index contributed by atoms with van der Waals surface area (Å²) in [5.74, 6) is 1.73. The number of nitrogens with zero attached hydrogens (tertiary/aromatic N) is 5. The van der Waals surface area contributed by atoms with E-state index < -0.39 is 0 Å². The maximum atomic E-state index is 12.5. The molecule has 1 amide bonds. The summed E-state index contributed by atoms with van der Waals surface area (Å²) in [6.45, 7) is 1.97. The predicted molar refractivity (Wildman–Crippen MR) is 103 cm³/mol. The first-order chi connectivity index (χ1) is 13.8. The minimum atomic E-state index is -0.0693. The third-order valence-electron chi connectivity index (χ3n) is 4.77.